The summed E-state index contributed by atoms with van der Waals surface area (Å²) in [7, 11) is 1.34. The number of rotatable bonds is 3. The zero-order valence-corrected chi connectivity index (χ0v) is 11.6. The van der Waals surface area contributed by atoms with Crippen LogP contribution in [0.2, 0.25) is 5.02 Å². The lowest BCUT2D eigenvalue weighted by Gasteiger charge is -2.09. The summed E-state index contributed by atoms with van der Waals surface area (Å²) in [5, 5.41) is 0.670. The second-order valence-corrected chi connectivity index (χ2v) is 4.78. The Morgan fingerprint density at radius 3 is 2.79 bits per heavy atom. The Kier molecular flexibility index (Phi) is 3.81. The Morgan fingerprint density at radius 2 is 2.16 bits per heavy atom. The first-order valence-electron chi connectivity index (χ1n) is 5.80. The monoisotopic (exact) mass is 278 g/mol. The SMILES string of the molecule is COC(=O)c1cc(N)cn1Cc1ccc(C)cc1Cl. The van der Waals surface area contributed by atoms with Crippen LogP contribution in [0.25, 0.3) is 0 Å². The lowest BCUT2D eigenvalue weighted by Crippen LogP contribution is -2.10. The van der Waals surface area contributed by atoms with Crippen LogP contribution in [0.3, 0.4) is 0 Å². The van der Waals surface area contributed by atoms with Crippen LogP contribution in [-0.4, -0.2) is 17.6 Å². The maximum absolute atomic E-state index is 11.6. The molecule has 100 valence electrons. The molecule has 0 bridgehead atoms. The van der Waals surface area contributed by atoms with E-state index in [1.807, 2.05) is 25.1 Å². The minimum absolute atomic E-state index is 0.414. The fourth-order valence-corrected chi connectivity index (χ4v) is 2.20. The number of benzene rings is 1. The van der Waals surface area contributed by atoms with Crippen LogP contribution >= 0.6 is 11.6 Å². The highest BCUT2D eigenvalue weighted by Gasteiger charge is 2.14. The molecule has 5 heteroatoms. The van der Waals surface area contributed by atoms with Crippen LogP contribution < -0.4 is 5.73 Å². The van der Waals surface area contributed by atoms with Gasteiger partial charge in [0.25, 0.3) is 0 Å². The van der Waals surface area contributed by atoms with Gasteiger partial charge in [-0.15, -0.1) is 0 Å². The number of esters is 1. The third kappa shape index (κ3) is 2.90. The molecule has 0 fully saturated rings. The second kappa shape index (κ2) is 5.36. The van der Waals surface area contributed by atoms with Crippen molar-refractivity contribution >= 4 is 23.3 Å². The Hall–Kier alpha value is -1.94. The molecule has 0 atom stereocenters. The highest BCUT2D eigenvalue weighted by molar-refractivity contribution is 6.31. The second-order valence-electron chi connectivity index (χ2n) is 4.37. The Balaban J connectivity index is 2.35. The van der Waals surface area contributed by atoms with Crippen molar-refractivity contribution in [2.24, 2.45) is 0 Å². The van der Waals surface area contributed by atoms with Gasteiger partial charge >= 0.3 is 5.97 Å². The summed E-state index contributed by atoms with van der Waals surface area (Å²) in [6.45, 7) is 2.45. The number of carbonyl (C=O) groups excluding carboxylic acids is 1. The molecule has 0 amide bonds. The highest BCUT2D eigenvalue weighted by Crippen LogP contribution is 2.21. The molecule has 2 rings (SSSR count). The van der Waals surface area contributed by atoms with Gasteiger partial charge in [-0.2, -0.15) is 0 Å². The number of hydrogen-bond acceptors (Lipinski definition) is 3. The number of anilines is 1. The van der Waals surface area contributed by atoms with Crippen molar-refractivity contribution in [1.82, 2.24) is 4.57 Å². The number of carbonyl (C=O) groups is 1. The van der Waals surface area contributed by atoms with E-state index < -0.39 is 5.97 Å². The average molecular weight is 279 g/mol. The van der Waals surface area contributed by atoms with E-state index in [0.29, 0.717) is 22.9 Å². The summed E-state index contributed by atoms with van der Waals surface area (Å²) in [4.78, 5) is 11.6. The summed E-state index contributed by atoms with van der Waals surface area (Å²) in [5.41, 5.74) is 8.67. The van der Waals surface area contributed by atoms with Crippen LogP contribution in [-0.2, 0) is 11.3 Å². The number of hydrogen-bond donors (Lipinski definition) is 1. The lowest BCUT2D eigenvalue weighted by atomic mass is 10.1. The number of nitrogens with two attached hydrogens (primary N) is 1. The average Bonchev–Trinajstić information content (AvgIpc) is 2.73. The standard InChI is InChI=1S/C14H15ClN2O2/c1-9-3-4-10(12(15)5-9)7-17-8-11(16)6-13(17)14(18)19-2/h3-6,8H,7,16H2,1-2H3. The summed E-state index contributed by atoms with van der Waals surface area (Å²) in [6.07, 6.45) is 1.70. The number of methoxy groups -OCH3 is 1. The van der Waals surface area contributed by atoms with E-state index in [4.69, 9.17) is 22.1 Å². The van der Waals surface area contributed by atoms with Crippen LogP contribution in [0.1, 0.15) is 21.6 Å². The third-order valence-corrected chi connectivity index (χ3v) is 3.21. The molecule has 0 saturated heterocycles. The Bertz CT molecular complexity index is 620. The molecule has 4 nitrogen and oxygen atoms in total. The molecule has 0 aliphatic heterocycles. The van der Waals surface area contributed by atoms with Crippen molar-refractivity contribution in [2.75, 3.05) is 12.8 Å². The van der Waals surface area contributed by atoms with E-state index in [2.05, 4.69) is 0 Å². The van der Waals surface area contributed by atoms with Crippen molar-refractivity contribution in [1.29, 1.82) is 0 Å². The highest BCUT2D eigenvalue weighted by atomic mass is 35.5. The molecule has 0 aliphatic carbocycles. The smallest absolute Gasteiger partial charge is 0.354 e. The minimum atomic E-state index is -0.417. The molecular weight excluding hydrogens is 264 g/mol. The zero-order valence-electron chi connectivity index (χ0n) is 10.8. The number of aromatic nitrogens is 1. The summed E-state index contributed by atoms with van der Waals surface area (Å²) < 4.78 is 6.46. The minimum Gasteiger partial charge on any atom is -0.464 e. The molecule has 2 aromatic rings. The first kappa shape index (κ1) is 13.5. The van der Waals surface area contributed by atoms with Gasteiger partial charge < -0.3 is 15.0 Å². The molecule has 0 aliphatic rings. The lowest BCUT2D eigenvalue weighted by molar-refractivity contribution is 0.0589. The summed E-state index contributed by atoms with van der Waals surface area (Å²) in [6, 6.07) is 7.40. The molecule has 1 aromatic carbocycles. The summed E-state index contributed by atoms with van der Waals surface area (Å²) >= 11 is 6.19. The van der Waals surface area contributed by atoms with Crippen LogP contribution in [0, 0.1) is 6.92 Å². The first-order chi connectivity index (χ1) is 9.01. The van der Waals surface area contributed by atoms with Gasteiger partial charge in [0, 0.05) is 17.8 Å². The van der Waals surface area contributed by atoms with Gasteiger partial charge in [-0.05, 0) is 30.2 Å². The van der Waals surface area contributed by atoms with E-state index in [1.54, 1.807) is 16.8 Å². The molecule has 19 heavy (non-hydrogen) atoms. The summed E-state index contributed by atoms with van der Waals surface area (Å²) in [5.74, 6) is -0.417. The van der Waals surface area contributed by atoms with Crippen molar-refractivity contribution in [3.8, 4) is 0 Å². The van der Waals surface area contributed by atoms with Gasteiger partial charge in [0.2, 0.25) is 0 Å². The predicted molar refractivity (Wildman–Crippen MR) is 75.5 cm³/mol. The van der Waals surface area contributed by atoms with E-state index in [1.165, 1.54) is 7.11 Å². The van der Waals surface area contributed by atoms with Crippen LogP contribution in [0.5, 0.6) is 0 Å². The zero-order chi connectivity index (χ0) is 14.0. The fraction of sp³-hybridized carbons (Fsp3) is 0.214. The van der Waals surface area contributed by atoms with Crippen molar-refractivity contribution in [3.63, 3.8) is 0 Å². The quantitative estimate of drug-likeness (QED) is 0.879. The maximum atomic E-state index is 11.6. The van der Waals surface area contributed by atoms with Crippen LogP contribution in [0.15, 0.2) is 30.5 Å². The van der Waals surface area contributed by atoms with Gasteiger partial charge in [-0.3, -0.25) is 0 Å². The topological polar surface area (TPSA) is 57.2 Å². The fourth-order valence-electron chi connectivity index (χ4n) is 1.90. The van der Waals surface area contributed by atoms with Gasteiger partial charge in [-0.25, -0.2) is 4.79 Å². The van der Waals surface area contributed by atoms with Crippen molar-refractivity contribution < 1.29 is 9.53 Å². The number of nitrogen functional groups attached to an aromatic ring is 1. The predicted octanol–water partition coefficient (Wildman–Crippen LogP) is 2.87. The largest absolute Gasteiger partial charge is 0.464 e. The third-order valence-electron chi connectivity index (χ3n) is 2.86. The molecule has 0 radical (unpaired) electrons. The number of aryl methyl sites for hydroxylation is 1. The van der Waals surface area contributed by atoms with Gasteiger partial charge in [-0.1, -0.05) is 23.7 Å². The maximum Gasteiger partial charge on any atom is 0.354 e. The Labute approximate surface area is 116 Å². The number of nitrogens with zero attached hydrogens (tertiary/aromatic N) is 1. The van der Waals surface area contributed by atoms with Crippen molar-refractivity contribution in [2.45, 2.75) is 13.5 Å². The van der Waals surface area contributed by atoms with E-state index in [9.17, 15) is 4.79 Å². The van der Waals surface area contributed by atoms with E-state index in [-0.39, 0.29) is 0 Å². The van der Waals surface area contributed by atoms with Gasteiger partial charge in [0.15, 0.2) is 0 Å². The molecule has 2 N–H and O–H groups in total. The molecule has 1 heterocycles. The van der Waals surface area contributed by atoms with E-state index >= 15 is 0 Å². The molecular formula is C14H15ClN2O2. The molecule has 0 saturated carbocycles. The normalized spacial score (nSPS) is 10.5. The van der Waals surface area contributed by atoms with E-state index in [0.717, 1.165) is 11.1 Å². The van der Waals surface area contributed by atoms with Crippen LogP contribution in [0.4, 0.5) is 5.69 Å². The van der Waals surface area contributed by atoms with Gasteiger partial charge in [0.05, 0.1) is 12.8 Å². The molecule has 0 unspecified atom stereocenters. The van der Waals surface area contributed by atoms with Crippen molar-refractivity contribution in [3.05, 3.63) is 52.3 Å². The molecule has 0 spiro atoms. The first-order valence-corrected chi connectivity index (χ1v) is 6.18. The van der Waals surface area contributed by atoms with Gasteiger partial charge in [0.1, 0.15) is 5.69 Å². The number of ether oxygens (including phenoxy) is 1. The Morgan fingerprint density at radius 1 is 1.42 bits per heavy atom. The number of halogens is 1. The molecule has 1 aromatic heterocycles.